The number of carbonyl (C=O) groups is 2. The second-order valence-electron chi connectivity index (χ2n) is 7.94. The van der Waals surface area contributed by atoms with Gasteiger partial charge in [0, 0.05) is 32.1 Å². The van der Waals surface area contributed by atoms with E-state index in [1.807, 2.05) is 6.92 Å². The van der Waals surface area contributed by atoms with E-state index < -0.39 is 34.4 Å². The van der Waals surface area contributed by atoms with E-state index in [0.29, 0.717) is 35.5 Å². The molecular formula is C24H26N6O7. The summed E-state index contributed by atoms with van der Waals surface area (Å²) in [5, 5.41) is 35.9. The first-order valence-corrected chi connectivity index (χ1v) is 11.2. The topological polar surface area (TPSA) is 196 Å². The third-order valence-electron chi connectivity index (χ3n) is 5.75. The zero-order valence-corrected chi connectivity index (χ0v) is 20.6. The summed E-state index contributed by atoms with van der Waals surface area (Å²) in [4.78, 5) is 50.5. The van der Waals surface area contributed by atoms with Crippen LogP contribution in [0.5, 0.6) is 5.75 Å². The van der Waals surface area contributed by atoms with E-state index in [1.165, 1.54) is 10.7 Å². The SMILES string of the molecule is CCc1c(-c2ccnn2C)[nH]c(=O)c(C(=O)O)c1O.CCc1cc(C(=O)O)c(=O)[nH]c1-c1ccnn1C. The quantitative estimate of drug-likeness (QED) is 0.257. The Labute approximate surface area is 209 Å². The highest BCUT2D eigenvalue weighted by atomic mass is 16.4. The first-order valence-electron chi connectivity index (χ1n) is 11.2. The highest BCUT2D eigenvalue weighted by Gasteiger charge is 2.22. The van der Waals surface area contributed by atoms with Crippen LogP contribution in [0.1, 0.15) is 45.7 Å². The average molecular weight is 511 g/mol. The molecule has 0 amide bonds. The number of nitrogens with zero attached hydrogens (tertiary/aromatic N) is 4. The Hall–Kier alpha value is -4.94. The summed E-state index contributed by atoms with van der Waals surface area (Å²) in [6.45, 7) is 3.66. The molecule has 194 valence electrons. The van der Waals surface area contributed by atoms with Crippen molar-refractivity contribution in [2.24, 2.45) is 14.1 Å². The molecule has 0 atom stereocenters. The standard InChI is InChI=1S/C12H13N3O4.C12H13N3O3/c1-3-6-9(7-4-5-13-15(7)2)14-11(17)8(10(6)16)12(18)19;1-3-7-6-8(12(17)18)11(16)14-10(7)9-4-5-13-15(9)2/h4-5H,3H2,1-2H3,(H,18,19)(H2,14,16,17);4-6H,3H2,1-2H3,(H,14,16)(H,17,18). The van der Waals surface area contributed by atoms with Crippen molar-refractivity contribution in [1.29, 1.82) is 0 Å². The smallest absolute Gasteiger partial charge is 0.345 e. The number of rotatable bonds is 6. The van der Waals surface area contributed by atoms with E-state index in [1.54, 1.807) is 50.2 Å². The number of aromatic nitrogens is 6. The molecule has 4 rings (SSSR count). The highest BCUT2D eigenvalue weighted by molar-refractivity contribution is 5.91. The molecule has 0 spiro atoms. The fourth-order valence-corrected chi connectivity index (χ4v) is 3.87. The Morgan fingerprint density at radius 1 is 0.865 bits per heavy atom. The number of carboxylic acid groups (broad SMARTS) is 2. The minimum Gasteiger partial charge on any atom is -0.506 e. The van der Waals surface area contributed by atoms with Crippen LogP contribution in [0, 0.1) is 0 Å². The Balaban J connectivity index is 0.000000206. The summed E-state index contributed by atoms with van der Waals surface area (Å²) in [7, 11) is 3.45. The van der Waals surface area contributed by atoms with Gasteiger partial charge in [0.25, 0.3) is 11.1 Å². The van der Waals surface area contributed by atoms with Crippen molar-refractivity contribution in [1.82, 2.24) is 29.5 Å². The molecule has 0 saturated heterocycles. The van der Waals surface area contributed by atoms with Crippen molar-refractivity contribution in [2.45, 2.75) is 26.7 Å². The maximum absolute atomic E-state index is 11.8. The maximum atomic E-state index is 11.8. The van der Waals surface area contributed by atoms with E-state index >= 15 is 0 Å². The van der Waals surface area contributed by atoms with Crippen LogP contribution in [-0.2, 0) is 26.9 Å². The lowest BCUT2D eigenvalue weighted by atomic mass is 10.0. The highest BCUT2D eigenvalue weighted by Crippen LogP contribution is 2.29. The minimum absolute atomic E-state index is 0.238. The molecule has 0 aliphatic rings. The molecule has 0 aliphatic heterocycles. The molecule has 5 N–H and O–H groups in total. The van der Waals surface area contributed by atoms with Crippen LogP contribution in [0.4, 0.5) is 0 Å². The van der Waals surface area contributed by atoms with Crippen LogP contribution in [0.3, 0.4) is 0 Å². The number of hydrogen-bond donors (Lipinski definition) is 5. The average Bonchev–Trinajstić information content (AvgIpc) is 3.46. The Kier molecular flexibility index (Phi) is 7.76. The number of aromatic carboxylic acids is 2. The van der Waals surface area contributed by atoms with E-state index in [-0.39, 0.29) is 5.56 Å². The zero-order valence-electron chi connectivity index (χ0n) is 20.6. The van der Waals surface area contributed by atoms with Crippen molar-refractivity contribution >= 4 is 11.9 Å². The van der Waals surface area contributed by atoms with E-state index in [9.17, 15) is 24.3 Å². The lowest BCUT2D eigenvalue weighted by Crippen LogP contribution is -2.20. The van der Waals surface area contributed by atoms with Gasteiger partial charge in [-0.3, -0.25) is 19.0 Å². The molecule has 0 bridgehead atoms. The van der Waals surface area contributed by atoms with Crippen LogP contribution in [-0.4, -0.2) is 56.8 Å². The molecule has 13 heteroatoms. The van der Waals surface area contributed by atoms with Gasteiger partial charge in [-0.05, 0) is 36.6 Å². The Morgan fingerprint density at radius 2 is 1.41 bits per heavy atom. The van der Waals surface area contributed by atoms with Crippen molar-refractivity contribution in [3.8, 4) is 28.5 Å². The Bertz CT molecular complexity index is 1590. The summed E-state index contributed by atoms with van der Waals surface area (Å²) in [5.41, 5.74) is 1.19. The summed E-state index contributed by atoms with van der Waals surface area (Å²) in [5.74, 6) is -3.16. The second kappa shape index (κ2) is 10.8. The zero-order chi connectivity index (χ0) is 27.4. The van der Waals surface area contributed by atoms with Gasteiger partial charge in [-0.15, -0.1) is 0 Å². The van der Waals surface area contributed by atoms with Gasteiger partial charge >= 0.3 is 11.9 Å². The number of H-pyrrole nitrogens is 2. The Morgan fingerprint density at radius 3 is 1.84 bits per heavy atom. The van der Waals surface area contributed by atoms with E-state index in [0.717, 1.165) is 11.3 Å². The van der Waals surface area contributed by atoms with Gasteiger partial charge in [-0.25, -0.2) is 9.59 Å². The first kappa shape index (κ1) is 26.7. The molecule has 0 saturated carbocycles. The fourth-order valence-electron chi connectivity index (χ4n) is 3.87. The maximum Gasteiger partial charge on any atom is 0.345 e. The van der Waals surface area contributed by atoms with Gasteiger partial charge in [0.15, 0.2) is 5.56 Å². The minimum atomic E-state index is -1.45. The fraction of sp³-hybridized carbons (Fsp3) is 0.250. The molecule has 4 aromatic heterocycles. The van der Waals surface area contributed by atoms with Gasteiger partial charge in [0.2, 0.25) is 0 Å². The van der Waals surface area contributed by atoms with Crippen LogP contribution in [0.25, 0.3) is 22.8 Å². The van der Waals surface area contributed by atoms with Crippen LogP contribution >= 0.6 is 0 Å². The van der Waals surface area contributed by atoms with Crippen molar-refractivity contribution in [2.75, 3.05) is 0 Å². The summed E-state index contributed by atoms with van der Waals surface area (Å²) >= 11 is 0. The molecule has 4 heterocycles. The van der Waals surface area contributed by atoms with Crippen LogP contribution in [0.2, 0.25) is 0 Å². The number of aromatic amines is 2. The lowest BCUT2D eigenvalue weighted by Gasteiger charge is -2.11. The second-order valence-corrected chi connectivity index (χ2v) is 7.94. The molecule has 0 fully saturated rings. The number of nitrogens with one attached hydrogen (secondary N) is 2. The van der Waals surface area contributed by atoms with Gasteiger partial charge in [-0.2, -0.15) is 10.2 Å². The molecule has 0 unspecified atom stereocenters. The summed E-state index contributed by atoms with van der Waals surface area (Å²) in [6.07, 6.45) is 4.18. The molecule has 0 aliphatic carbocycles. The molecule has 0 aromatic carbocycles. The number of carboxylic acids is 2. The normalized spacial score (nSPS) is 10.6. The molecular weight excluding hydrogens is 484 g/mol. The van der Waals surface area contributed by atoms with E-state index in [2.05, 4.69) is 20.2 Å². The van der Waals surface area contributed by atoms with Crippen LogP contribution < -0.4 is 11.1 Å². The van der Waals surface area contributed by atoms with Crippen molar-refractivity contribution < 1.29 is 24.9 Å². The lowest BCUT2D eigenvalue weighted by molar-refractivity contribution is 0.0682. The number of aryl methyl sites for hydroxylation is 3. The van der Waals surface area contributed by atoms with E-state index in [4.69, 9.17) is 10.2 Å². The number of pyridine rings is 2. The predicted octanol–water partition coefficient (Wildman–Crippen LogP) is 1.78. The van der Waals surface area contributed by atoms with Gasteiger partial charge in [0.1, 0.15) is 11.3 Å². The monoisotopic (exact) mass is 510 g/mol. The third kappa shape index (κ3) is 5.19. The van der Waals surface area contributed by atoms with Gasteiger partial charge in [0.05, 0.1) is 22.8 Å². The van der Waals surface area contributed by atoms with Crippen molar-refractivity contribution in [3.05, 3.63) is 73.6 Å². The predicted molar refractivity (Wildman–Crippen MR) is 133 cm³/mol. The third-order valence-corrected chi connectivity index (χ3v) is 5.75. The molecule has 13 nitrogen and oxygen atoms in total. The van der Waals surface area contributed by atoms with Gasteiger partial charge in [-0.1, -0.05) is 13.8 Å². The molecule has 37 heavy (non-hydrogen) atoms. The largest absolute Gasteiger partial charge is 0.506 e. The molecule has 0 radical (unpaired) electrons. The van der Waals surface area contributed by atoms with Crippen LogP contribution in [0.15, 0.2) is 40.2 Å². The number of hydrogen-bond acceptors (Lipinski definition) is 7. The van der Waals surface area contributed by atoms with Gasteiger partial charge < -0.3 is 25.3 Å². The van der Waals surface area contributed by atoms with Crippen molar-refractivity contribution in [3.63, 3.8) is 0 Å². The first-order chi connectivity index (χ1) is 17.5. The summed E-state index contributed by atoms with van der Waals surface area (Å²) < 4.78 is 3.16. The summed E-state index contributed by atoms with van der Waals surface area (Å²) in [6, 6.07) is 4.86. The number of aromatic hydroxyl groups is 1. The molecule has 4 aromatic rings.